The minimum Gasteiger partial charge on any atom is -0.359 e. The predicted molar refractivity (Wildman–Crippen MR) is 116 cm³/mol. The molecule has 0 aliphatic carbocycles. The van der Waals surface area contributed by atoms with Gasteiger partial charge >= 0.3 is 0 Å². The van der Waals surface area contributed by atoms with Crippen molar-refractivity contribution >= 4 is 33.0 Å². The lowest BCUT2D eigenvalue weighted by molar-refractivity contribution is 0.603. The summed E-state index contributed by atoms with van der Waals surface area (Å²) in [7, 11) is -3.52. The summed E-state index contributed by atoms with van der Waals surface area (Å²) >= 11 is 5.26. The number of aryl methyl sites for hydroxylation is 1. The fourth-order valence-electron chi connectivity index (χ4n) is 2.58. The van der Waals surface area contributed by atoms with Gasteiger partial charge in [-0.2, -0.15) is 0 Å². The van der Waals surface area contributed by atoms with Crippen LogP contribution in [0, 0.1) is 5.82 Å². The highest BCUT2D eigenvalue weighted by Crippen LogP contribution is 2.16. The van der Waals surface area contributed by atoms with Gasteiger partial charge in [0.05, 0.1) is 11.9 Å². The van der Waals surface area contributed by atoms with E-state index < -0.39 is 15.8 Å². The maximum atomic E-state index is 14.0. The molecule has 0 aliphatic rings. The number of benzene rings is 2. The first-order valence-electron chi connectivity index (χ1n) is 9.12. The zero-order valence-electron chi connectivity index (χ0n) is 16.1. The topological polar surface area (TPSA) is 70.2 Å². The maximum absolute atomic E-state index is 14.0. The van der Waals surface area contributed by atoms with Crippen molar-refractivity contribution in [1.82, 2.24) is 10.6 Å². The average Bonchev–Trinajstić information content (AvgIpc) is 2.65. The Kier molecular flexibility index (Phi) is 8.19. The van der Waals surface area contributed by atoms with Crippen molar-refractivity contribution in [2.75, 3.05) is 11.0 Å². The quantitative estimate of drug-likeness (QED) is 0.537. The van der Waals surface area contributed by atoms with Gasteiger partial charge in [0.1, 0.15) is 5.82 Å². The molecule has 0 aliphatic heterocycles. The summed E-state index contributed by atoms with van der Waals surface area (Å²) in [5.41, 5.74) is 3.05. The molecule has 0 saturated heterocycles. The monoisotopic (exact) mass is 423 g/mol. The van der Waals surface area contributed by atoms with Crippen LogP contribution >= 0.6 is 12.2 Å². The van der Waals surface area contributed by atoms with E-state index in [1.807, 2.05) is 0 Å². The second-order valence-corrected chi connectivity index (χ2v) is 8.80. The summed E-state index contributed by atoms with van der Waals surface area (Å²) in [5, 5.41) is 6.61. The Bertz CT molecular complexity index is 900. The van der Waals surface area contributed by atoms with Gasteiger partial charge in [0.2, 0.25) is 10.0 Å². The molecule has 2 aromatic carbocycles. The number of hydrogen-bond acceptors (Lipinski definition) is 3. The summed E-state index contributed by atoms with van der Waals surface area (Å²) in [4.78, 5) is 0. The molecule has 8 heteroatoms. The van der Waals surface area contributed by atoms with Crippen LogP contribution in [0.25, 0.3) is 0 Å². The first kappa shape index (κ1) is 22.1. The van der Waals surface area contributed by atoms with Crippen molar-refractivity contribution < 1.29 is 12.8 Å². The molecule has 0 radical (unpaired) electrons. The van der Waals surface area contributed by atoms with Crippen LogP contribution in [0.3, 0.4) is 0 Å². The number of thiocarbonyl (C=S) groups is 1. The zero-order valence-corrected chi connectivity index (χ0v) is 17.7. The van der Waals surface area contributed by atoms with Gasteiger partial charge in [0.25, 0.3) is 0 Å². The molecule has 28 heavy (non-hydrogen) atoms. The number of halogens is 1. The molecule has 0 fully saturated rings. The van der Waals surface area contributed by atoms with Gasteiger partial charge in [-0.3, -0.25) is 4.72 Å². The van der Waals surface area contributed by atoms with Gasteiger partial charge in [0.15, 0.2) is 5.11 Å². The average molecular weight is 424 g/mol. The predicted octanol–water partition coefficient (Wildman–Crippen LogP) is 3.70. The SMILES string of the molecule is CCCCc1ccc(CNC(=S)NCc2ccc(NS(C)(=O)=O)c(F)c2)cc1. The Hall–Kier alpha value is -2.19. The highest BCUT2D eigenvalue weighted by molar-refractivity contribution is 7.92. The molecule has 2 aromatic rings. The van der Waals surface area contributed by atoms with Crippen LogP contribution in [0.5, 0.6) is 0 Å². The second-order valence-electron chi connectivity index (χ2n) is 6.64. The molecular weight excluding hydrogens is 397 g/mol. The fraction of sp³-hybridized carbons (Fsp3) is 0.350. The van der Waals surface area contributed by atoms with Crippen LogP contribution in [0.2, 0.25) is 0 Å². The lowest BCUT2D eigenvalue weighted by atomic mass is 10.1. The van der Waals surface area contributed by atoms with E-state index in [-0.39, 0.29) is 5.69 Å². The van der Waals surface area contributed by atoms with Gasteiger partial charge in [-0.25, -0.2) is 12.8 Å². The fourth-order valence-corrected chi connectivity index (χ4v) is 3.29. The van der Waals surface area contributed by atoms with E-state index in [4.69, 9.17) is 12.2 Å². The van der Waals surface area contributed by atoms with Crippen LogP contribution in [0.4, 0.5) is 10.1 Å². The number of hydrogen-bond donors (Lipinski definition) is 3. The standard InChI is InChI=1S/C20H26FN3O2S2/c1-3-4-5-15-6-8-16(9-7-15)13-22-20(27)23-14-17-10-11-19(18(21)12-17)24-28(2,25)26/h6-12,24H,3-5,13-14H2,1-2H3,(H2,22,23,27). The highest BCUT2D eigenvalue weighted by atomic mass is 32.2. The van der Waals surface area contributed by atoms with Crippen LogP contribution in [0.1, 0.15) is 36.5 Å². The zero-order chi connectivity index (χ0) is 20.6. The van der Waals surface area contributed by atoms with E-state index in [1.165, 1.54) is 30.5 Å². The Morgan fingerprint density at radius 1 is 1.00 bits per heavy atom. The van der Waals surface area contributed by atoms with E-state index in [1.54, 1.807) is 6.07 Å². The molecule has 0 bridgehead atoms. The van der Waals surface area contributed by atoms with Crippen molar-refractivity contribution in [3.63, 3.8) is 0 Å². The number of rotatable bonds is 9. The summed E-state index contributed by atoms with van der Waals surface area (Å²) in [6, 6.07) is 12.8. The van der Waals surface area contributed by atoms with Crippen LogP contribution in [-0.2, 0) is 29.5 Å². The number of nitrogens with one attached hydrogen (secondary N) is 3. The second kappa shape index (κ2) is 10.4. The lowest BCUT2D eigenvalue weighted by Crippen LogP contribution is -2.34. The van der Waals surface area contributed by atoms with E-state index in [9.17, 15) is 12.8 Å². The maximum Gasteiger partial charge on any atom is 0.229 e. The summed E-state index contributed by atoms with van der Waals surface area (Å²) in [6.45, 7) is 3.12. The largest absolute Gasteiger partial charge is 0.359 e. The third kappa shape index (κ3) is 7.82. The van der Waals surface area contributed by atoms with Crippen molar-refractivity contribution in [1.29, 1.82) is 0 Å². The molecule has 0 aromatic heterocycles. The smallest absolute Gasteiger partial charge is 0.229 e. The van der Waals surface area contributed by atoms with E-state index in [2.05, 4.69) is 46.5 Å². The van der Waals surface area contributed by atoms with Crippen molar-refractivity contribution in [2.45, 2.75) is 39.3 Å². The van der Waals surface area contributed by atoms with E-state index in [0.29, 0.717) is 23.8 Å². The van der Waals surface area contributed by atoms with Crippen LogP contribution in [0.15, 0.2) is 42.5 Å². The number of unbranched alkanes of at least 4 members (excludes halogenated alkanes) is 1. The molecule has 0 spiro atoms. The van der Waals surface area contributed by atoms with Crippen molar-refractivity contribution in [3.05, 3.63) is 65.0 Å². The minimum absolute atomic E-state index is 0.0747. The van der Waals surface area contributed by atoms with Gasteiger partial charge in [0, 0.05) is 13.1 Å². The van der Waals surface area contributed by atoms with Gasteiger partial charge in [-0.1, -0.05) is 43.7 Å². The summed E-state index contributed by atoms with van der Waals surface area (Å²) < 4.78 is 38.5. The molecule has 3 N–H and O–H groups in total. The minimum atomic E-state index is -3.52. The summed E-state index contributed by atoms with van der Waals surface area (Å²) in [5.74, 6) is -0.633. The summed E-state index contributed by atoms with van der Waals surface area (Å²) in [6.07, 6.45) is 4.45. The molecule has 5 nitrogen and oxygen atoms in total. The van der Waals surface area contributed by atoms with E-state index in [0.717, 1.165) is 18.2 Å². The normalized spacial score (nSPS) is 11.1. The molecule has 0 unspecified atom stereocenters. The Labute approximate surface area is 171 Å². The third-order valence-electron chi connectivity index (χ3n) is 4.08. The molecule has 0 heterocycles. The number of sulfonamides is 1. The van der Waals surface area contributed by atoms with E-state index >= 15 is 0 Å². The molecule has 0 saturated carbocycles. The van der Waals surface area contributed by atoms with Crippen LogP contribution < -0.4 is 15.4 Å². The first-order chi connectivity index (χ1) is 13.3. The Balaban J connectivity index is 1.80. The number of anilines is 1. The van der Waals surface area contributed by atoms with Gasteiger partial charge in [-0.05, 0) is 53.9 Å². The Morgan fingerprint density at radius 3 is 2.14 bits per heavy atom. The molecule has 0 atom stereocenters. The third-order valence-corrected chi connectivity index (χ3v) is 4.96. The van der Waals surface area contributed by atoms with Crippen molar-refractivity contribution in [2.24, 2.45) is 0 Å². The van der Waals surface area contributed by atoms with Crippen LogP contribution in [-0.4, -0.2) is 19.8 Å². The molecular formula is C20H26FN3O2S2. The lowest BCUT2D eigenvalue weighted by Gasteiger charge is -2.12. The molecule has 0 amide bonds. The molecule has 2 rings (SSSR count). The van der Waals surface area contributed by atoms with Crippen molar-refractivity contribution in [3.8, 4) is 0 Å². The highest BCUT2D eigenvalue weighted by Gasteiger charge is 2.08. The van der Waals surface area contributed by atoms with Gasteiger partial charge < -0.3 is 10.6 Å². The van der Waals surface area contributed by atoms with Gasteiger partial charge in [-0.15, -0.1) is 0 Å². The first-order valence-corrected chi connectivity index (χ1v) is 11.4. The Morgan fingerprint density at radius 2 is 1.57 bits per heavy atom. The molecule has 152 valence electrons.